The Bertz CT molecular complexity index is 616. The summed E-state index contributed by atoms with van der Waals surface area (Å²) in [6.45, 7) is 2.15. The Kier molecular flexibility index (Phi) is 4.18. The molecular formula is C18H23N3. The van der Waals surface area contributed by atoms with E-state index in [2.05, 4.69) is 47.6 Å². The fourth-order valence-corrected chi connectivity index (χ4v) is 3.13. The van der Waals surface area contributed by atoms with Crippen molar-refractivity contribution >= 4 is 5.82 Å². The molecule has 1 saturated carbocycles. The summed E-state index contributed by atoms with van der Waals surface area (Å²) < 4.78 is 0. The van der Waals surface area contributed by atoms with Gasteiger partial charge in [-0.2, -0.15) is 0 Å². The van der Waals surface area contributed by atoms with Crippen molar-refractivity contribution in [3.63, 3.8) is 0 Å². The van der Waals surface area contributed by atoms with Gasteiger partial charge in [0.1, 0.15) is 11.6 Å². The van der Waals surface area contributed by atoms with E-state index in [1.54, 1.807) is 0 Å². The molecule has 1 N–H and O–H groups in total. The van der Waals surface area contributed by atoms with E-state index in [0.717, 1.165) is 18.1 Å². The van der Waals surface area contributed by atoms with E-state index in [1.807, 2.05) is 7.05 Å². The van der Waals surface area contributed by atoms with Crippen LogP contribution in [0.25, 0.3) is 0 Å². The van der Waals surface area contributed by atoms with Crippen LogP contribution in [-0.4, -0.2) is 17.0 Å². The molecule has 0 unspecified atom stereocenters. The monoisotopic (exact) mass is 281 g/mol. The number of aryl methyl sites for hydroxylation is 1. The van der Waals surface area contributed by atoms with Gasteiger partial charge < -0.3 is 5.32 Å². The highest BCUT2D eigenvalue weighted by molar-refractivity contribution is 5.38. The van der Waals surface area contributed by atoms with Gasteiger partial charge in [0.15, 0.2) is 0 Å². The Balaban J connectivity index is 1.90. The van der Waals surface area contributed by atoms with E-state index < -0.39 is 0 Å². The van der Waals surface area contributed by atoms with E-state index in [1.165, 1.54) is 42.5 Å². The number of hydrogen-bond acceptors (Lipinski definition) is 3. The molecular weight excluding hydrogens is 258 g/mol. The molecule has 3 nitrogen and oxygen atoms in total. The van der Waals surface area contributed by atoms with Gasteiger partial charge in [-0.15, -0.1) is 0 Å². The third kappa shape index (κ3) is 3.23. The Morgan fingerprint density at radius 3 is 2.62 bits per heavy atom. The van der Waals surface area contributed by atoms with Crippen molar-refractivity contribution in [1.82, 2.24) is 9.97 Å². The van der Waals surface area contributed by atoms with Gasteiger partial charge in [-0.25, -0.2) is 9.97 Å². The molecule has 1 aliphatic rings. The van der Waals surface area contributed by atoms with Gasteiger partial charge in [-0.05, 0) is 30.9 Å². The standard InChI is InChI=1S/C18H23N3/c1-13-7-3-4-10-15(13)11-18-20-16(12-17(19-2)21-18)14-8-5-6-9-14/h3-4,7,10,12,14H,5-6,8-9,11H2,1-2H3,(H,19,20,21). The quantitative estimate of drug-likeness (QED) is 0.917. The first-order valence-electron chi connectivity index (χ1n) is 7.86. The molecule has 1 aliphatic carbocycles. The third-order valence-electron chi connectivity index (χ3n) is 4.43. The van der Waals surface area contributed by atoms with Crippen LogP contribution in [0.1, 0.15) is 54.2 Å². The fraction of sp³-hybridized carbons (Fsp3) is 0.444. The van der Waals surface area contributed by atoms with E-state index in [4.69, 9.17) is 4.98 Å². The van der Waals surface area contributed by atoms with Gasteiger partial charge >= 0.3 is 0 Å². The summed E-state index contributed by atoms with van der Waals surface area (Å²) in [5, 5.41) is 3.18. The third-order valence-corrected chi connectivity index (χ3v) is 4.43. The normalized spacial score (nSPS) is 15.3. The Labute approximate surface area is 126 Å². The molecule has 3 rings (SSSR count). The molecule has 1 aromatic heterocycles. The Hall–Kier alpha value is -1.90. The number of anilines is 1. The predicted octanol–water partition coefficient (Wildman–Crippen LogP) is 4.08. The highest BCUT2D eigenvalue weighted by Gasteiger charge is 2.20. The summed E-state index contributed by atoms with van der Waals surface area (Å²) in [4.78, 5) is 9.49. The molecule has 3 heteroatoms. The summed E-state index contributed by atoms with van der Waals surface area (Å²) in [6.07, 6.45) is 6.00. The minimum atomic E-state index is 0.621. The van der Waals surface area contributed by atoms with Crippen molar-refractivity contribution in [1.29, 1.82) is 0 Å². The van der Waals surface area contributed by atoms with Crippen molar-refractivity contribution in [2.75, 3.05) is 12.4 Å². The zero-order valence-electron chi connectivity index (χ0n) is 12.9. The lowest BCUT2D eigenvalue weighted by atomic mass is 10.0. The Morgan fingerprint density at radius 1 is 1.14 bits per heavy atom. The molecule has 0 spiro atoms. The van der Waals surface area contributed by atoms with Crippen LogP contribution in [0.2, 0.25) is 0 Å². The van der Waals surface area contributed by atoms with Gasteiger partial charge in [-0.1, -0.05) is 37.1 Å². The maximum atomic E-state index is 4.85. The summed E-state index contributed by atoms with van der Waals surface area (Å²) >= 11 is 0. The SMILES string of the molecule is CNc1cc(C2CCCC2)nc(Cc2ccccc2C)n1. The van der Waals surface area contributed by atoms with Crippen molar-refractivity contribution in [2.45, 2.75) is 44.9 Å². The smallest absolute Gasteiger partial charge is 0.135 e. The molecule has 110 valence electrons. The van der Waals surface area contributed by atoms with Crippen molar-refractivity contribution in [3.8, 4) is 0 Å². The maximum absolute atomic E-state index is 4.85. The number of benzene rings is 1. The number of nitrogens with zero attached hydrogens (tertiary/aromatic N) is 2. The first kappa shape index (κ1) is 14.1. The van der Waals surface area contributed by atoms with Gasteiger partial charge in [0.25, 0.3) is 0 Å². The van der Waals surface area contributed by atoms with Crippen LogP contribution in [0.3, 0.4) is 0 Å². The van der Waals surface area contributed by atoms with Crippen molar-refractivity contribution < 1.29 is 0 Å². The molecule has 0 amide bonds. The predicted molar refractivity (Wildman–Crippen MR) is 86.8 cm³/mol. The molecule has 0 radical (unpaired) electrons. The van der Waals surface area contributed by atoms with Crippen LogP contribution in [0.4, 0.5) is 5.82 Å². The molecule has 0 bridgehead atoms. The van der Waals surface area contributed by atoms with Gasteiger partial charge in [0, 0.05) is 31.1 Å². The molecule has 1 fully saturated rings. The largest absolute Gasteiger partial charge is 0.373 e. The summed E-state index contributed by atoms with van der Waals surface area (Å²) in [6, 6.07) is 10.6. The maximum Gasteiger partial charge on any atom is 0.135 e. The minimum Gasteiger partial charge on any atom is -0.373 e. The topological polar surface area (TPSA) is 37.8 Å². The number of aromatic nitrogens is 2. The van der Waals surface area contributed by atoms with E-state index in [9.17, 15) is 0 Å². The van der Waals surface area contributed by atoms with Crippen molar-refractivity contribution in [2.24, 2.45) is 0 Å². The highest BCUT2D eigenvalue weighted by Crippen LogP contribution is 2.33. The molecule has 0 aliphatic heterocycles. The first-order valence-corrected chi connectivity index (χ1v) is 7.86. The van der Waals surface area contributed by atoms with E-state index in [-0.39, 0.29) is 0 Å². The molecule has 1 aromatic carbocycles. The zero-order valence-corrected chi connectivity index (χ0v) is 12.9. The lowest BCUT2D eigenvalue weighted by Crippen LogP contribution is -2.07. The average Bonchev–Trinajstić information content (AvgIpc) is 3.04. The molecule has 2 aromatic rings. The average molecular weight is 281 g/mol. The second-order valence-corrected chi connectivity index (χ2v) is 5.93. The lowest BCUT2D eigenvalue weighted by molar-refractivity contribution is 0.686. The Morgan fingerprint density at radius 2 is 1.90 bits per heavy atom. The molecule has 1 heterocycles. The summed E-state index contributed by atoms with van der Waals surface area (Å²) in [5.41, 5.74) is 3.83. The zero-order chi connectivity index (χ0) is 14.7. The van der Waals surface area contributed by atoms with Crippen molar-refractivity contribution in [3.05, 3.63) is 53.0 Å². The molecule has 0 saturated heterocycles. The number of nitrogens with one attached hydrogen (secondary N) is 1. The van der Waals surface area contributed by atoms with E-state index >= 15 is 0 Å². The highest BCUT2D eigenvalue weighted by atomic mass is 15.0. The lowest BCUT2D eigenvalue weighted by Gasteiger charge is -2.13. The van der Waals surface area contributed by atoms with Crippen LogP contribution < -0.4 is 5.32 Å². The summed E-state index contributed by atoms with van der Waals surface area (Å²) in [7, 11) is 1.93. The van der Waals surface area contributed by atoms with Crippen LogP contribution >= 0.6 is 0 Å². The number of hydrogen-bond donors (Lipinski definition) is 1. The van der Waals surface area contributed by atoms with E-state index in [0.29, 0.717) is 5.92 Å². The van der Waals surface area contributed by atoms with Crippen LogP contribution in [0.15, 0.2) is 30.3 Å². The molecule has 0 atom stereocenters. The minimum absolute atomic E-state index is 0.621. The van der Waals surface area contributed by atoms with Crippen LogP contribution in [-0.2, 0) is 6.42 Å². The van der Waals surface area contributed by atoms with Crippen LogP contribution in [0, 0.1) is 6.92 Å². The summed E-state index contributed by atoms with van der Waals surface area (Å²) in [5.74, 6) is 2.49. The first-order chi connectivity index (χ1) is 10.3. The van der Waals surface area contributed by atoms with Gasteiger partial charge in [0.2, 0.25) is 0 Å². The van der Waals surface area contributed by atoms with Gasteiger partial charge in [0.05, 0.1) is 0 Å². The second-order valence-electron chi connectivity index (χ2n) is 5.93. The second kappa shape index (κ2) is 6.25. The van der Waals surface area contributed by atoms with Crippen LogP contribution in [0.5, 0.6) is 0 Å². The molecule has 21 heavy (non-hydrogen) atoms. The number of rotatable bonds is 4. The van der Waals surface area contributed by atoms with Gasteiger partial charge in [-0.3, -0.25) is 0 Å². The fourth-order valence-electron chi connectivity index (χ4n) is 3.13.